The summed E-state index contributed by atoms with van der Waals surface area (Å²) in [5.41, 5.74) is 4.15. The highest BCUT2D eigenvalue weighted by molar-refractivity contribution is 7.15. The number of nitrogens with zero attached hydrogens (tertiary/aromatic N) is 1. The first kappa shape index (κ1) is 32.3. The number of anilines is 2. The molecule has 0 bridgehead atoms. The van der Waals surface area contributed by atoms with E-state index in [-0.39, 0.29) is 28.8 Å². The van der Waals surface area contributed by atoms with E-state index < -0.39 is 12.1 Å². The van der Waals surface area contributed by atoms with Crippen LogP contribution in [0, 0.1) is 5.92 Å². The number of carbonyl (C=O) groups excluding carboxylic acids is 2. The zero-order chi connectivity index (χ0) is 32.2. The Morgan fingerprint density at radius 3 is 2.47 bits per heavy atom. The maximum Gasteiger partial charge on any atom is 0.248 e. The van der Waals surface area contributed by atoms with E-state index in [0.29, 0.717) is 40.8 Å². The van der Waals surface area contributed by atoms with E-state index in [1.807, 2.05) is 26.0 Å². The highest BCUT2D eigenvalue weighted by Gasteiger charge is 2.31. The number of aromatic nitrogens is 1. The van der Waals surface area contributed by atoms with Gasteiger partial charge in [-0.25, -0.2) is 4.98 Å². The van der Waals surface area contributed by atoms with Crippen molar-refractivity contribution in [2.75, 3.05) is 32.0 Å². The number of hydrogen-bond acceptors (Lipinski definition) is 9. The van der Waals surface area contributed by atoms with Crippen molar-refractivity contribution >= 4 is 34.0 Å². The molecule has 2 aliphatic carbocycles. The third-order valence-corrected chi connectivity index (χ3v) is 9.87. The van der Waals surface area contributed by atoms with Crippen molar-refractivity contribution in [2.45, 2.75) is 77.8 Å². The van der Waals surface area contributed by atoms with Gasteiger partial charge in [0.15, 0.2) is 16.6 Å². The number of ether oxygens (including phenoxy) is 3. The summed E-state index contributed by atoms with van der Waals surface area (Å²) >= 11 is 1.54. The molecule has 0 saturated heterocycles. The van der Waals surface area contributed by atoms with Crippen molar-refractivity contribution < 1.29 is 23.8 Å². The summed E-state index contributed by atoms with van der Waals surface area (Å²) in [6.07, 6.45) is 6.06. The molecule has 0 unspecified atom stereocenters. The lowest BCUT2D eigenvalue weighted by atomic mass is 9.95. The van der Waals surface area contributed by atoms with E-state index in [1.165, 1.54) is 23.1 Å². The van der Waals surface area contributed by atoms with Gasteiger partial charge in [0.25, 0.3) is 0 Å². The van der Waals surface area contributed by atoms with E-state index in [9.17, 15) is 14.4 Å². The Morgan fingerprint density at radius 2 is 1.80 bits per heavy atom. The molecule has 0 aliphatic heterocycles. The van der Waals surface area contributed by atoms with Crippen LogP contribution in [0.25, 0.3) is 11.1 Å². The average molecular weight is 635 g/mol. The quantitative estimate of drug-likeness (QED) is 0.261. The number of aryl methyl sites for hydroxylation is 3. The molecule has 11 heteroatoms. The molecule has 2 aliphatic rings. The molecule has 1 heterocycles. The van der Waals surface area contributed by atoms with Gasteiger partial charge in [0, 0.05) is 17.4 Å². The van der Waals surface area contributed by atoms with Crippen molar-refractivity contribution in [1.82, 2.24) is 10.3 Å². The molecule has 3 atom stereocenters. The Kier molecular flexibility index (Phi) is 9.96. The Labute approximate surface area is 267 Å². The topological polar surface area (TPSA) is 128 Å². The second-order valence-electron chi connectivity index (χ2n) is 11.7. The normalized spacial score (nSPS) is 16.5. The molecule has 2 amide bonds. The zero-order valence-corrected chi connectivity index (χ0v) is 27.6. The maximum absolute atomic E-state index is 13.9. The fourth-order valence-electron chi connectivity index (χ4n) is 6.28. The smallest absolute Gasteiger partial charge is 0.248 e. The molecule has 5 rings (SSSR count). The molecular weight excluding hydrogens is 592 g/mol. The molecule has 10 nitrogen and oxygen atoms in total. The van der Waals surface area contributed by atoms with Gasteiger partial charge in [-0.3, -0.25) is 14.4 Å². The molecule has 45 heavy (non-hydrogen) atoms. The van der Waals surface area contributed by atoms with Crippen LogP contribution in [0.1, 0.15) is 74.2 Å². The fraction of sp³-hybridized carbons (Fsp3) is 0.471. The predicted octanol–water partition coefficient (Wildman–Crippen LogP) is 5.66. The van der Waals surface area contributed by atoms with Crippen LogP contribution in [-0.4, -0.2) is 44.2 Å². The van der Waals surface area contributed by atoms with Crippen LogP contribution in [-0.2, 0) is 28.9 Å². The van der Waals surface area contributed by atoms with Gasteiger partial charge in [-0.2, -0.15) is 0 Å². The molecule has 0 fully saturated rings. The van der Waals surface area contributed by atoms with Gasteiger partial charge < -0.3 is 30.2 Å². The summed E-state index contributed by atoms with van der Waals surface area (Å²) in [5.74, 6) is 0.937. The van der Waals surface area contributed by atoms with Crippen LogP contribution in [0.5, 0.6) is 17.2 Å². The number of hydrogen-bond donors (Lipinski definition) is 3. The third kappa shape index (κ3) is 6.63. The number of rotatable bonds is 10. The van der Waals surface area contributed by atoms with Gasteiger partial charge in [-0.05, 0) is 79.3 Å². The highest BCUT2D eigenvalue weighted by Crippen LogP contribution is 2.50. The Balaban J connectivity index is 1.58. The minimum Gasteiger partial charge on any atom is -0.493 e. The molecule has 0 spiro atoms. The van der Waals surface area contributed by atoms with Crippen LogP contribution < -0.4 is 35.6 Å². The second kappa shape index (κ2) is 13.9. The number of carbonyl (C=O) groups is 2. The summed E-state index contributed by atoms with van der Waals surface area (Å²) in [7, 11) is 4.69. The van der Waals surface area contributed by atoms with Crippen molar-refractivity contribution in [3.8, 4) is 28.4 Å². The Morgan fingerprint density at radius 1 is 1.04 bits per heavy atom. The van der Waals surface area contributed by atoms with Gasteiger partial charge in [0.2, 0.25) is 23.0 Å². The number of thiazole rings is 1. The van der Waals surface area contributed by atoms with E-state index in [2.05, 4.69) is 20.9 Å². The first-order valence-electron chi connectivity index (χ1n) is 15.5. The Bertz CT molecular complexity index is 1630. The minimum absolute atomic E-state index is 0.0769. The van der Waals surface area contributed by atoms with E-state index in [4.69, 9.17) is 14.2 Å². The van der Waals surface area contributed by atoms with Gasteiger partial charge in [0.1, 0.15) is 6.04 Å². The number of methoxy groups -OCH3 is 3. The monoisotopic (exact) mass is 634 g/mol. The molecule has 240 valence electrons. The van der Waals surface area contributed by atoms with Gasteiger partial charge in [-0.15, -0.1) is 11.3 Å². The van der Waals surface area contributed by atoms with Gasteiger partial charge >= 0.3 is 0 Å². The van der Waals surface area contributed by atoms with Gasteiger partial charge in [0.05, 0.1) is 38.8 Å². The average Bonchev–Trinajstić information content (AvgIpc) is 3.30. The lowest BCUT2D eigenvalue weighted by Crippen LogP contribution is -2.40. The highest BCUT2D eigenvalue weighted by atomic mass is 32.1. The van der Waals surface area contributed by atoms with Crippen molar-refractivity contribution in [2.24, 2.45) is 5.92 Å². The second-order valence-corrected chi connectivity index (χ2v) is 12.8. The SMILES string of the molecule is CC[C@@H](C)[C@H](Nc1ccc2c(cc1=O)[C@@H](NC(C)=O)CCc1cc(OC)c(OC)c(OC)c1-2)C(=O)Nc1nc2c(s1)CCCC2. The van der Waals surface area contributed by atoms with Crippen LogP contribution in [0.15, 0.2) is 29.1 Å². The largest absolute Gasteiger partial charge is 0.493 e. The molecule has 3 N–H and O–H groups in total. The number of amides is 2. The number of nitrogens with one attached hydrogen (secondary N) is 3. The molecule has 2 aromatic carbocycles. The number of benzene rings is 1. The van der Waals surface area contributed by atoms with Crippen LogP contribution in [0.3, 0.4) is 0 Å². The summed E-state index contributed by atoms with van der Waals surface area (Å²) < 4.78 is 17.2. The molecular formula is C34H42N4O6S. The maximum atomic E-state index is 13.9. The molecule has 1 aromatic heterocycles. The summed E-state index contributed by atoms with van der Waals surface area (Å²) in [6, 6.07) is 5.94. The van der Waals surface area contributed by atoms with Crippen LogP contribution >= 0.6 is 11.3 Å². The first-order chi connectivity index (χ1) is 21.7. The van der Waals surface area contributed by atoms with Crippen LogP contribution in [0.4, 0.5) is 10.8 Å². The lowest BCUT2D eigenvalue weighted by molar-refractivity contribution is -0.120. The summed E-state index contributed by atoms with van der Waals surface area (Å²) in [6.45, 7) is 5.47. The molecule has 0 saturated carbocycles. The molecule has 3 aromatic rings. The van der Waals surface area contributed by atoms with E-state index in [0.717, 1.165) is 54.5 Å². The predicted molar refractivity (Wildman–Crippen MR) is 177 cm³/mol. The first-order valence-corrected chi connectivity index (χ1v) is 16.3. The van der Waals surface area contributed by atoms with Crippen molar-refractivity contribution in [3.05, 3.63) is 56.2 Å². The number of fused-ring (bicyclic) bond motifs is 4. The zero-order valence-electron chi connectivity index (χ0n) is 26.8. The minimum atomic E-state index is -0.678. The lowest BCUT2D eigenvalue weighted by Gasteiger charge is -2.23. The Hall–Kier alpha value is -4.12. The van der Waals surface area contributed by atoms with E-state index >= 15 is 0 Å². The summed E-state index contributed by atoms with van der Waals surface area (Å²) in [5, 5.41) is 9.92. The van der Waals surface area contributed by atoms with Gasteiger partial charge in [-0.1, -0.05) is 26.3 Å². The van der Waals surface area contributed by atoms with Crippen molar-refractivity contribution in [3.63, 3.8) is 0 Å². The fourth-order valence-corrected chi connectivity index (χ4v) is 7.34. The van der Waals surface area contributed by atoms with E-state index in [1.54, 1.807) is 33.5 Å². The van der Waals surface area contributed by atoms with Crippen LogP contribution in [0.2, 0.25) is 0 Å². The summed E-state index contributed by atoms with van der Waals surface area (Å²) in [4.78, 5) is 45.8. The molecule has 0 radical (unpaired) electrons. The standard InChI is InChI=1S/C34H42N4O6S/c1-7-18(2)30(33(41)38-34-37-25-10-8-9-11-28(25)45-34)36-24-15-13-21-22(17-26(24)40)23(35-19(3)39)14-12-20-16-27(42-4)31(43-5)32(44-6)29(20)21/h13,15-18,23,30H,7-12,14H2,1-6H3,(H,35,39)(H,36,40)(H,37,38,41)/t18-,23+,30+/m1/s1. The van der Waals surface area contributed by atoms with Crippen molar-refractivity contribution in [1.29, 1.82) is 0 Å². The third-order valence-electron chi connectivity index (χ3n) is 8.80.